The Morgan fingerprint density at radius 2 is 1.56 bits per heavy atom. The Kier molecular flexibility index (Phi) is 8.27. The molecule has 2 fully saturated rings. The first-order chi connectivity index (χ1) is 16.5. The van der Waals surface area contributed by atoms with E-state index in [1.165, 1.54) is 17.7 Å². The summed E-state index contributed by atoms with van der Waals surface area (Å²) in [5, 5.41) is 3.20. The molecule has 2 aromatic carbocycles. The van der Waals surface area contributed by atoms with Crippen molar-refractivity contribution in [2.24, 2.45) is 5.92 Å². The van der Waals surface area contributed by atoms with Crippen LogP contribution in [0.25, 0.3) is 0 Å². The van der Waals surface area contributed by atoms with Crippen LogP contribution >= 0.6 is 0 Å². The number of benzene rings is 2. The van der Waals surface area contributed by atoms with Crippen LogP contribution in [0.15, 0.2) is 48.5 Å². The highest BCUT2D eigenvalue weighted by atomic mass is 19.2. The maximum absolute atomic E-state index is 13.4. The fraction of sp³-hybridized carbons (Fsp3) is 0.481. The van der Waals surface area contributed by atoms with Gasteiger partial charge < -0.3 is 10.2 Å². The molecule has 0 atom stereocenters. The zero-order chi connectivity index (χ0) is 23.9. The summed E-state index contributed by atoms with van der Waals surface area (Å²) in [7, 11) is 0. The summed E-state index contributed by atoms with van der Waals surface area (Å²) in [6, 6.07) is 14.2. The number of piperidine rings is 2. The summed E-state index contributed by atoms with van der Waals surface area (Å²) in [6.45, 7) is 3.46. The second kappa shape index (κ2) is 11.6. The Hall–Kier alpha value is -2.80. The Morgan fingerprint density at radius 3 is 2.24 bits per heavy atom. The van der Waals surface area contributed by atoms with E-state index in [1.807, 2.05) is 35.2 Å². The van der Waals surface area contributed by atoms with E-state index in [-0.39, 0.29) is 23.8 Å². The zero-order valence-electron chi connectivity index (χ0n) is 19.5. The van der Waals surface area contributed by atoms with Gasteiger partial charge in [-0.2, -0.15) is 0 Å². The van der Waals surface area contributed by atoms with Gasteiger partial charge in [-0.05, 0) is 55.4 Å². The summed E-state index contributed by atoms with van der Waals surface area (Å²) < 4.78 is 26.5. The summed E-state index contributed by atoms with van der Waals surface area (Å²) >= 11 is 0. The Morgan fingerprint density at radius 1 is 0.853 bits per heavy atom. The lowest BCUT2D eigenvalue weighted by atomic mass is 9.94. The molecule has 2 aliphatic heterocycles. The Labute approximate surface area is 200 Å². The first kappa shape index (κ1) is 24.3. The smallest absolute Gasteiger partial charge is 0.223 e. The van der Waals surface area contributed by atoms with Gasteiger partial charge in [-0.15, -0.1) is 0 Å². The van der Waals surface area contributed by atoms with Crippen LogP contribution in [0.4, 0.5) is 8.78 Å². The highest BCUT2D eigenvalue weighted by Crippen LogP contribution is 2.21. The van der Waals surface area contributed by atoms with Crippen molar-refractivity contribution in [2.75, 3.05) is 26.2 Å². The molecule has 0 spiro atoms. The van der Waals surface area contributed by atoms with Crippen LogP contribution in [0.2, 0.25) is 0 Å². The minimum absolute atomic E-state index is 0.0432. The molecule has 2 saturated heterocycles. The first-order valence-corrected chi connectivity index (χ1v) is 12.3. The van der Waals surface area contributed by atoms with Crippen molar-refractivity contribution in [3.63, 3.8) is 0 Å². The van der Waals surface area contributed by atoms with Crippen LogP contribution in [0.5, 0.6) is 0 Å². The average molecular weight is 470 g/mol. The number of hydrogen-bond acceptors (Lipinski definition) is 3. The van der Waals surface area contributed by atoms with Crippen molar-refractivity contribution >= 4 is 11.8 Å². The molecule has 2 aliphatic rings. The molecule has 2 amide bonds. The molecule has 5 nitrogen and oxygen atoms in total. The Bertz CT molecular complexity index is 969. The van der Waals surface area contributed by atoms with Gasteiger partial charge in [0.15, 0.2) is 11.6 Å². The van der Waals surface area contributed by atoms with Crippen molar-refractivity contribution in [1.82, 2.24) is 15.1 Å². The van der Waals surface area contributed by atoms with Crippen molar-refractivity contribution in [1.29, 1.82) is 0 Å². The summed E-state index contributed by atoms with van der Waals surface area (Å²) in [5.74, 6) is -1.43. The molecule has 7 heteroatoms. The van der Waals surface area contributed by atoms with E-state index in [0.29, 0.717) is 38.9 Å². The fourth-order valence-electron chi connectivity index (χ4n) is 4.90. The van der Waals surface area contributed by atoms with E-state index in [9.17, 15) is 18.4 Å². The number of nitrogens with one attached hydrogen (secondary N) is 1. The molecule has 4 rings (SSSR count). The third-order valence-corrected chi connectivity index (χ3v) is 7.01. The van der Waals surface area contributed by atoms with Crippen LogP contribution in [0.3, 0.4) is 0 Å². The van der Waals surface area contributed by atoms with Crippen LogP contribution in [0.1, 0.15) is 43.2 Å². The van der Waals surface area contributed by atoms with Crippen molar-refractivity contribution in [2.45, 2.75) is 51.1 Å². The van der Waals surface area contributed by atoms with Crippen molar-refractivity contribution in [3.05, 3.63) is 71.3 Å². The molecule has 0 aromatic heterocycles. The van der Waals surface area contributed by atoms with E-state index in [0.717, 1.165) is 37.9 Å². The van der Waals surface area contributed by atoms with Gasteiger partial charge in [0, 0.05) is 51.1 Å². The summed E-state index contributed by atoms with van der Waals surface area (Å²) in [4.78, 5) is 29.4. The fourth-order valence-corrected chi connectivity index (χ4v) is 4.90. The zero-order valence-corrected chi connectivity index (χ0v) is 19.5. The highest BCUT2D eigenvalue weighted by Gasteiger charge is 2.29. The number of rotatable bonds is 7. The predicted octanol–water partition coefficient (Wildman–Crippen LogP) is 3.92. The highest BCUT2D eigenvalue weighted by molar-refractivity contribution is 5.80. The standard InChI is InChI=1S/C27H33F2N3O2/c28-24-8-6-21(18-25(24)29)19-31-14-12-23(13-15-31)30-27(34)22-10-16-32(17-11-22)26(33)9-7-20-4-2-1-3-5-20/h1-6,8,18,22-23H,7,9-17,19H2,(H,30,34). The first-order valence-electron chi connectivity index (χ1n) is 12.3. The van der Waals surface area contributed by atoms with Gasteiger partial charge in [-0.1, -0.05) is 36.4 Å². The number of carbonyl (C=O) groups is 2. The third-order valence-electron chi connectivity index (χ3n) is 7.01. The molecule has 2 heterocycles. The normalized spacial score (nSPS) is 18.1. The van der Waals surface area contributed by atoms with Crippen molar-refractivity contribution < 1.29 is 18.4 Å². The van der Waals surface area contributed by atoms with Crippen LogP contribution < -0.4 is 5.32 Å². The van der Waals surface area contributed by atoms with E-state index in [2.05, 4.69) is 10.2 Å². The van der Waals surface area contributed by atoms with E-state index < -0.39 is 11.6 Å². The summed E-state index contributed by atoms with van der Waals surface area (Å²) in [6.07, 6.45) is 4.34. The second-order valence-electron chi connectivity index (χ2n) is 9.45. The molecule has 182 valence electrons. The van der Waals surface area contributed by atoms with E-state index in [4.69, 9.17) is 0 Å². The largest absolute Gasteiger partial charge is 0.353 e. The molecule has 2 aromatic rings. The molecule has 0 radical (unpaired) electrons. The quantitative estimate of drug-likeness (QED) is 0.669. The predicted molar refractivity (Wildman–Crippen MR) is 127 cm³/mol. The maximum Gasteiger partial charge on any atom is 0.223 e. The number of hydrogen-bond donors (Lipinski definition) is 1. The topological polar surface area (TPSA) is 52.7 Å². The molecular weight excluding hydrogens is 436 g/mol. The second-order valence-corrected chi connectivity index (χ2v) is 9.45. The van der Waals surface area contributed by atoms with Gasteiger partial charge in [0.1, 0.15) is 0 Å². The van der Waals surface area contributed by atoms with Gasteiger partial charge in [0.2, 0.25) is 11.8 Å². The summed E-state index contributed by atoms with van der Waals surface area (Å²) in [5.41, 5.74) is 1.92. The van der Waals surface area contributed by atoms with Gasteiger partial charge >= 0.3 is 0 Å². The number of aryl methyl sites for hydroxylation is 1. The lowest BCUT2D eigenvalue weighted by molar-refractivity contribution is -0.135. The molecule has 0 unspecified atom stereocenters. The molecule has 0 saturated carbocycles. The van der Waals surface area contributed by atoms with E-state index in [1.54, 1.807) is 6.07 Å². The minimum Gasteiger partial charge on any atom is -0.353 e. The minimum atomic E-state index is -0.826. The van der Waals surface area contributed by atoms with Gasteiger partial charge in [0.05, 0.1) is 0 Å². The maximum atomic E-state index is 13.4. The van der Waals surface area contributed by atoms with Gasteiger partial charge in [-0.25, -0.2) is 8.78 Å². The lowest BCUT2D eigenvalue weighted by Crippen LogP contribution is -2.48. The number of halogens is 2. The molecule has 0 aliphatic carbocycles. The number of nitrogens with zero attached hydrogens (tertiary/aromatic N) is 2. The molecule has 0 bridgehead atoms. The van der Waals surface area contributed by atoms with Gasteiger partial charge in [-0.3, -0.25) is 14.5 Å². The van der Waals surface area contributed by atoms with Crippen LogP contribution in [0, 0.1) is 17.6 Å². The lowest BCUT2D eigenvalue weighted by Gasteiger charge is -2.35. The SMILES string of the molecule is O=C(NC1CCN(Cc2ccc(F)c(F)c2)CC1)C1CCN(C(=O)CCc2ccccc2)CC1. The number of amides is 2. The monoisotopic (exact) mass is 469 g/mol. The van der Waals surface area contributed by atoms with Crippen molar-refractivity contribution in [3.8, 4) is 0 Å². The van der Waals surface area contributed by atoms with Crippen LogP contribution in [-0.2, 0) is 22.6 Å². The van der Waals surface area contributed by atoms with E-state index >= 15 is 0 Å². The third kappa shape index (κ3) is 6.63. The average Bonchev–Trinajstić information content (AvgIpc) is 2.86. The molecule has 34 heavy (non-hydrogen) atoms. The molecular formula is C27H33F2N3O2. The molecule has 1 N–H and O–H groups in total. The number of likely N-dealkylation sites (tertiary alicyclic amines) is 2. The van der Waals surface area contributed by atoms with Crippen LogP contribution in [-0.4, -0.2) is 53.8 Å². The van der Waals surface area contributed by atoms with Gasteiger partial charge in [0.25, 0.3) is 0 Å². The number of carbonyl (C=O) groups excluding carboxylic acids is 2. The Balaban J connectivity index is 1.14.